The Labute approximate surface area is 196 Å². The molecule has 0 radical (unpaired) electrons. The molecule has 1 N–H and O–H groups in total. The van der Waals surface area contributed by atoms with Crippen LogP contribution in [0.2, 0.25) is 5.02 Å². The summed E-state index contributed by atoms with van der Waals surface area (Å²) < 4.78 is 6.89. The molecule has 2 aromatic heterocycles. The molecule has 1 fully saturated rings. The number of ether oxygens (including phenoxy) is 1. The van der Waals surface area contributed by atoms with Crippen LogP contribution in [0.1, 0.15) is 33.8 Å². The number of amides is 2. The lowest BCUT2D eigenvalue weighted by Crippen LogP contribution is -2.43. The van der Waals surface area contributed by atoms with Gasteiger partial charge in [0, 0.05) is 43.1 Å². The second kappa shape index (κ2) is 10.0. The number of halogens is 1. The fourth-order valence-corrected chi connectivity index (χ4v) is 5.36. The van der Waals surface area contributed by atoms with Gasteiger partial charge in [0.05, 0.1) is 23.7 Å². The molecular formula is C23H27ClN4O3S. The molecule has 1 aliphatic heterocycles. The van der Waals surface area contributed by atoms with E-state index >= 15 is 0 Å². The van der Waals surface area contributed by atoms with Crippen LogP contribution in [-0.4, -0.2) is 59.8 Å². The zero-order valence-electron chi connectivity index (χ0n) is 18.3. The third-order valence-electron chi connectivity index (χ3n) is 5.85. The molecule has 1 aromatic carbocycles. The Balaban J connectivity index is 1.44. The average molecular weight is 475 g/mol. The number of carbonyl (C=O) groups excluding carboxylic acids is 2. The van der Waals surface area contributed by atoms with Gasteiger partial charge in [0.1, 0.15) is 4.83 Å². The van der Waals surface area contributed by atoms with Gasteiger partial charge in [-0.05, 0) is 37.5 Å². The first-order valence-electron chi connectivity index (χ1n) is 10.7. The van der Waals surface area contributed by atoms with Crippen molar-refractivity contribution in [2.24, 2.45) is 5.92 Å². The SMILES string of the molecule is COCCNC(=O)C1CCN(C(=O)c2cc3c(C)nn(Cc4ccccc4Cl)c3s2)CC1. The Hall–Kier alpha value is -2.42. The maximum absolute atomic E-state index is 13.2. The number of fused-ring (bicyclic) bond motifs is 1. The van der Waals surface area contributed by atoms with Crippen LogP contribution < -0.4 is 5.32 Å². The molecule has 4 rings (SSSR count). The van der Waals surface area contributed by atoms with E-state index in [1.165, 1.54) is 11.3 Å². The lowest BCUT2D eigenvalue weighted by Gasteiger charge is -2.31. The van der Waals surface area contributed by atoms with E-state index in [4.69, 9.17) is 16.3 Å². The summed E-state index contributed by atoms with van der Waals surface area (Å²) in [6, 6.07) is 9.66. The van der Waals surface area contributed by atoms with E-state index < -0.39 is 0 Å². The monoisotopic (exact) mass is 474 g/mol. The Bertz CT molecular complexity index is 1120. The number of aromatic nitrogens is 2. The lowest BCUT2D eigenvalue weighted by molar-refractivity contribution is -0.126. The first-order valence-corrected chi connectivity index (χ1v) is 11.9. The van der Waals surface area contributed by atoms with E-state index in [1.54, 1.807) is 7.11 Å². The highest BCUT2D eigenvalue weighted by Crippen LogP contribution is 2.31. The van der Waals surface area contributed by atoms with Crippen LogP contribution in [0.25, 0.3) is 10.2 Å². The number of rotatable bonds is 7. The van der Waals surface area contributed by atoms with Gasteiger partial charge in [0.25, 0.3) is 5.91 Å². The number of hydrogen-bond donors (Lipinski definition) is 1. The number of piperidine rings is 1. The Kier molecular flexibility index (Phi) is 7.13. The van der Waals surface area contributed by atoms with Gasteiger partial charge in [-0.2, -0.15) is 5.10 Å². The largest absolute Gasteiger partial charge is 0.383 e. The zero-order chi connectivity index (χ0) is 22.7. The number of benzene rings is 1. The summed E-state index contributed by atoms with van der Waals surface area (Å²) in [5.41, 5.74) is 1.89. The van der Waals surface area contributed by atoms with Crippen molar-refractivity contribution in [3.05, 3.63) is 51.5 Å². The molecule has 9 heteroatoms. The average Bonchev–Trinajstić information content (AvgIpc) is 3.36. The summed E-state index contributed by atoms with van der Waals surface area (Å²) in [6.07, 6.45) is 1.35. The predicted molar refractivity (Wildman–Crippen MR) is 126 cm³/mol. The second-order valence-electron chi connectivity index (χ2n) is 8.01. The van der Waals surface area contributed by atoms with Gasteiger partial charge in [-0.3, -0.25) is 14.3 Å². The van der Waals surface area contributed by atoms with Crippen molar-refractivity contribution in [3.63, 3.8) is 0 Å². The van der Waals surface area contributed by atoms with Crippen LogP contribution in [0.5, 0.6) is 0 Å². The summed E-state index contributed by atoms with van der Waals surface area (Å²) in [6.45, 7) is 4.70. The Morgan fingerprint density at radius 3 is 2.75 bits per heavy atom. The molecule has 0 unspecified atom stereocenters. The number of aryl methyl sites for hydroxylation is 1. The highest BCUT2D eigenvalue weighted by Gasteiger charge is 2.29. The van der Waals surface area contributed by atoms with Crippen molar-refractivity contribution < 1.29 is 14.3 Å². The molecule has 1 saturated heterocycles. The molecule has 0 aliphatic carbocycles. The molecule has 0 saturated carbocycles. The van der Waals surface area contributed by atoms with E-state index in [1.807, 2.05) is 46.8 Å². The fraction of sp³-hybridized carbons (Fsp3) is 0.435. The topological polar surface area (TPSA) is 76.5 Å². The number of thiophene rings is 1. The molecule has 0 bridgehead atoms. The first-order chi connectivity index (χ1) is 15.5. The number of likely N-dealkylation sites (tertiary alicyclic amines) is 1. The van der Waals surface area contributed by atoms with E-state index in [-0.39, 0.29) is 17.7 Å². The third kappa shape index (κ3) is 4.82. The molecule has 3 aromatic rings. The molecule has 0 spiro atoms. The predicted octanol–water partition coefficient (Wildman–Crippen LogP) is 3.72. The van der Waals surface area contributed by atoms with E-state index in [9.17, 15) is 9.59 Å². The summed E-state index contributed by atoms with van der Waals surface area (Å²) in [7, 11) is 1.61. The molecule has 7 nitrogen and oxygen atoms in total. The van der Waals surface area contributed by atoms with Crippen LogP contribution in [0, 0.1) is 12.8 Å². The minimum absolute atomic E-state index is 0.0214. The fourth-order valence-electron chi connectivity index (χ4n) is 4.03. The van der Waals surface area contributed by atoms with Crippen LogP contribution in [-0.2, 0) is 16.1 Å². The number of nitrogens with zero attached hydrogens (tertiary/aromatic N) is 3. The summed E-state index contributed by atoms with van der Waals surface area (Å²) in [4.78, 5) is 28.9. The quantitative estimate of drug-likeness (QED) is 0.529. The van der Waals surface area contributed by atoms with Crippen molar-refractivity contribution in [2.45, 2.75) is 26.3 Å². The van der Waals surface area contributed by atoms with Gasteiger partial charge < -0.3 is 15.0 Å². The van der Waals surface area contributed by atoms with E-state index in [0.29, 0.717) is 55.5 Å². The van der Waals surface area contributed by atoms with Crippen molar-refractivity contribution in [1.82, 2.24) is 20.0 Å². The van der Waals surface area contributed by atoms with E-state index in [0.717, 1.165) is 21.5 Å². The Morgan fingerprint density at radius 1 is 1.28 bits per heavy atom. The maximum Gasteiger partial charge on any atom is 0.264 e. The molecule has 170 valence electrons. The summed E-state index contributed by atoms with van der Waals surface area (Å²) in [5, 5.41) is 9.25. The standard InChI is InChI=1S/C23H27ClN4O3S/c1-15-18-13-20(32-23(18)28(26-15)14-17-5-3-4-6-19(17)24)22(30)27-10-7-16(8-11-27)21(29)25-9-12-31-2/h3-6,13,16H,7-12,14H2,1-2H3,(H,25,29). The first kappa shape index (κ1) is 22.8. The van der Waals surface area contributed by atoms with E-state index in [2.05, 4.69) is 10.4 Å². The third-order valence-corrected chi connectivity index (χ3v) is 7.36. The van der Waals surface area contributed by atoms with Gasteiger partial charge in [0.15, 0.2) is 0 Å². The van der Waals surface area contributed by atoms with Gasteiger partial charge >= 0.3 is 0 Å². The number of hydrogen-bond acceptors (Lipinski definition) is 5. The van der Waals surface area contributed by atoms with Gasteiger partial charge in [-0.25, -0.2) is 0 Å². The Morgan fingerprint density at radius 2 is 2.03 bits per heavy atom. The zero-order valence-corrected chi connectivity index (χ0v) is 19.8. The molecule has 2 amide bonds. The van der Waals surface area contributed by atoms with Crippen LogP contribution in [0.4, 0.5) is 0 Å². The number of carbonyl (C=O) groups is 2. The number of methoxy groups -OCH3 is 1. The molecule has 1 aliphatic rings. The smallest absolute Gasteiger partial charge is 0.264 e. The molecule has 3 heterocycles. The maximum atomic E-state index is 13.2. The summed E-state index contributed by atoms with van der Waals surface area (Å²) >= 11 is 7.79. The normalized spacial score (nSPS) is 14.8. The minimum atomic E-state index is -0.0512. The van der Waals surface area contributed by atoms with Crippen molar-refractivity contribution in [3.8, 4) is 0 Å². The van der Waals surface area contributed by atoms with Crippen LogP contribution >= 0.6 is 22.9 Å². The number of nitrogens with one attached hydrogen (secondary N) is 1. The van der Waals surface area contributed by atoms with Gasteiger partial charge in [-0.15, -0.1) is 11.3 Å². The second-order valence-corrected chi connectivity index (χ2v) is 9.45. The van der Waals surface area contributed by atoms with Gasteiger partial charge in [0.2, 0.25) is 5.91 Å². The molecule has 32 heavy (non-hydrogen) atoms. The highest BCUT2D eigenvalue weighted by atomic mass is 35.5. The summed E-state index contributed by atoms with van der Waals surface area (Å²) in [5.74, 6) is 0.0178. The van der Waals surface area contributed by atoms with Crippen molar-refractivity contribution in [1.29, 1.82) is 0 Å². The minimum Gasteiger partial charge on any atom is -0.383 e. The molecule has 0 atom stereocenters. The van der Waals surface area contributed by atoms with Crippen LogP contribution in [0.15, 0.2) is 30.3 Å². The highest BCUT2D eigenvalue weighted by molar-refractivity contribution is 7.20. The van der Waals surface area contributed by atoms with Crippen LogP contribution in [0.3, 0.4) is 0 Å². The van der Waals surface area contributed by atoms with Crippen molar-refractivity contribution >= 4 is 45.0 Å². The molecular weight excluding hydrogens is 448 g/mol. The lowest BCUT2D eigenvalue weighted by atomic mass is 9.96. The van der Waals surface area contributed by atoms with Crippen molar-refractivity contribution in [2.75, 3.05) is 33.4 Å². The van der Waals surface area contributed by atoms with Gasteiger partial charge in [-0.1, -0.05) is 29.8 Å².